The quantitative estimate of drug-likeness (QED) is 0.851. The highest BCUT2D eigenvalue weighted by atomic mass is 16.6. The van der Waals surface area contributed by atoms with Gasteiger partial charge in [0.25, 0.3) is 0 Å². The molecule has 1 aromatic heterocycles. The summed E-state index contributed by atoms with van der Waals surface area (Å²) in [5.41, 5.74) is -0.728. The Kier molecular flexibility index (Phi) is 3.44. The van der Waals surface area contributed by atoms with Gasteiger partial charge in [-0.15, -0.1) is 0 Å². The van der Waals surface area contributed by atoms with Gasteiger partial charge in [0.15, 0.2) is 0 Å². The number of esters is 1. The normalized spacial score (nSPS) is 11.3. The summed E-state index contributed by atoms with van der Waals surface area (Å²) in [5.74, 6) is -1.83. The number of carboxylic acid groups (broad SMARTS) is 1. The third-order valence-electron chi connectivity index (χ3n) is 2.66. The Morgan fingerprint density at radius 3 is 2.50 bits per heavy atom. The average Bonchev–Trinajstić information content (AvgIpc) is 2.35. The highest BCUT2D eigenvalue weighted by molar-refractivity contribution is 6.11. The van der Waals surface area contributed by atoms with Crippen LogP contribution in [0, 0.1) is 0 Å². The van der Waals surface area contributed by atoms with E-state index in [2.05, 4.69) is 4.98 Å². The van der Waals surface area contributed by atoms with Crippen molar-refractivity contribution in [2.75, 3.05) is 0 Å². The zero-order valence-corrected chi connectivity index (χ0v) is 11.5. The minimum atomic E-state index is -1.18. The van der Waals surface area contributed by atoms with Crippen molar-refractivity contribution in [1.82, 2.24) is 4.98 Å². The Balaban J connectivity index is 2.62. The topological polar surface area (TPSA) is 76.5 Å². The maximum absolute atomic E-state index is 12.1. The first-order chi connectivity index (χ1) is 9.29. The zero-order chi connectivity index (χ0) is 14.9. The molecule has 0 bridgehead atoms. The number of carbonyl (C=O) groups excluding carboxylic acids is 1. The van der Waals surface area contributed by atoms with Crippen molar-refractivity contribution in [3.8, 4) is 0 Å². The first-order valence-corrected chi connectivity index (χ1v) is 6.13. The number of pyridine rings is 1. The number of rotatable bonds is 2. The minimum Gasteiger partial charge on any atom is -0.478 e. The number of ether oxygens (including phenoxy) is 1. The van der Waals surface area contributed by atoms with Crippen LogP contribution in [-0.4, -0.2) is 27.6 Å². The molecule has 0 unspecified atom stereocenters. The molecular formula is C15H15NO4. The van der Waals surface area contributed by atoms with E-state index in [1.54, 1.807) is 39.1 Å². The van der Waals surface area contributed by atoms with Crippen LogP contribution in [0.4, 0.5) is 0 Å². The lowest BCUT2D eigenvalue weighted by Gasteiger charge is -2.20. The Morgan fingerprint density at radius 2 is 1.90 bits per heavy atom. The minimum absolute atomic E-state index is 0.0351. The van der Waals surface area contributed by atoms with Gasteiger partial charge in [-0.25, -0.2) is 9.59 Å². The van der Waals surface area contributed by atoms with E-state index < -0.39 is 17.5 Å². The predicted octanol–water partition coefficient (Wildman–Crippen LogP) is 2.89. The number of benzene rings is 1. The average molecular weight is 273 g/mol. The maximum Gasteiger partial charge on any atom is 0.339 e. The molecule has 20 heavy (non-hydrogen) atoms. The van der Waals surface area contributed by atoms with Crippen LogP contribution >= 0.6 is 0 Å². The molecule has 0 amide bonds. The van der Waals surface area contributed by atoms with Crippen LogP contribution in [0.25, 0.3) is 10.8 Å². The number of aromatic nitrogens is 1. The second-order valence-corrected chi connectivity index (χ2v) is 5.39. The molecule has 0 spiro atoms. The number of hydrogen-bond donors (Lipinski definition) is 1. The van der Waals surface area contributed by atoms with Crippen molar-refractivity contribution in [1.29, 1.82) is 0 Å². The van der Waals surface area contributed by atoms with E-state index in [4.69, 9.17) is 4.74 Å². The standard InChI is InChI=1S/C15H15NO4/c1-15(2,3)20-14(19)10-5-4-9-6-7-16-8-11(9)12(10)13(17)18/h4-8H,1-3H3,(H,17,18). The molecule has 1 heterocycles. The van der Waals surface area contributed by atoms with Gasteiger partial charge in [-0.2, -0.15) is 0 Å². The van der Waals surface area contributed by atoms with Crippen LogP contribution in [0.3, 0.4) is 0 Å². The molecular weight excluding hydrogens is 258 g/mol. The van der Waals surface area contributed by atoms with Gasteiger partial charge in [0.05, 0.1) is 11.1 Å². The highest BCUT2D eigenvalue weighted by Crippen LogP contribution is 2.24. The lowest BCUT2D eigenvalue weighted by Crippen LogP contribution is -2.25. The second-order valence-electron chi connectivity index (χ2n) is 5.39. The van der Waals surface area contributed by atoms with Crippen molar-refractivity contribution in [3.63, 3.8) is 0 Å². The Morgan fingerprint density at radius 1 is 1.20 bits per heavy atom. The van der Waals surface area contributed by atoms with Crippen LogP contribution < -0.4 is 0 Å². The van der Waals surface area contributed by atoms with Crippen LogP contribution in [0.5, 0.6) is 0 Å². The lowest BCUT2D eigenvalue weighted by molar-refractivity contribution is 0.00661. The smallest absolute Gasteiger partial charge is 0.339 e. The number of fused-ring (bicyclic) bond motifs is 1. The van der Waals surface area contributed by atoms with Crippen LogP contribution in [0.15, 0.2) is 30.6 Å². The van der Waals surface area contributed by atoms with Gasteiger partial charge in [-0.1, -0.05) is 6.07 Å². The highest BCUT2D eigenvalue weighted by Gasteiger charge is 2.24. The molecule has 2 rings (SSSR count). The Hall–Kier alpha value is -2.43. The molecule has 1 N–H and O–H groups in total. The summed E-state index contributed by atoms with van der Waals surface area (Å²) in [5, 5.41) is 10.5. The number of carboxylic acids is 1. The first-order valence-electron chi connectivity index (χ1n) is 6.13. The van der Waals surface area contributed by atoms with Gasteiger partial charge in [-0.05, 0) is 38.3 Å². The monoisotopic (exact) mass is 273 g/mol. The summed E-state index contributed by atoms with van der Waals surface area (Å²) >= 11 is 0. The number of aromatic carboxylic acids is 1. The number of nitrogens with zero attached hydrogens (tertiary/aromatic N) is 1. The summed E-state index contributed by atoms with van der Waals surface area (Å²) in [4.78, 5) is 27.5. The van der Waals surface area contributed by atoms with Crippen molar-refractivity contribution in [2.24, 2.45) is 0 Å². The fourth-order valence-corrected chi connectivity index (χ4v) is 1.89. The van der Waals surface area contributed by atoms with Gasteiger partial charge in [-0.3, -0.25) is 4.98 Å². The predicted molar refractivity (Wildman–Crippen MR) is 73.9 cm³/mol. The summed E-state index contributed by atoms with van der Waals surface area (Å²) < 4.78 is 5.24. The van der Waals surface area contributed by atoms with Gasteiger partial charge in [0.1, 0.15) is 5.60 Å². The van der Waals surface area contributed by atoms with Crippen molar-refractivity contribution < 1.29 is 19.4 Å². The maximum atomic E-state index is 12.1. The molecule has 0 aliphatic rings. The van der Waals surface area contributed by atoms with Crippen molar-refractivity contribution in [3.05, 3.63) is 41.7 Å². The molecule has 5 nitrogen and oxygen atoms in total. The van der Waals surface area contributed by atoms with E-state index in [0.29, 0.717) is 10.8 Å². The van der Waals surface area contributed by atoms with E-state index in [1.165, 1.54) is 12.3 Å². The molecule has 0 atom stereocenters. The molecule has 0 radical (unpaired) electrons. The van der Waals surface area contributed by atoms with Gasteiger partial charge < -0.3 is 9.84 Å². The molecule has 0 saturated heterocycles. The SMILES string of the molecule is CC(C)(C)OC(=O)c1ccc2ccncc2c1C(=O)O. The van der Waals surface area contributed by atoms with E-state index in [9.17, 15) is 14.7 Å². The molecule has 5 heteroatoms. The summed E-state index contributed by atoms with van der Waals surface area (Å²) in [6, 6.07) is 4.85. The van der Waals surface area contributed by atoms with E-state index >= 15 is 0 Å². The molecule has 0 aliphatic carbocycles. The fourth-order valence-electron chi connectivity index (χ4n) is 1.89. The lowest BCUT2D eigenvalue weighted by atomic mass is 10.0. The summed E-state index contributed by atoms with van der Waals surface area (Å²) in [7, 11) is 0. The zero-order valence-electron chi connectivity index (χ0n) is 11.5. The molecule has 2 aromatic rings. The fraction of sp³-hybridized carbons (Fsp3) is 0.267. The van der Waals surface area contributed by atoms with Gasteiger partial charge >= 0.3 is 11.9 Å². The Labute approximate surface area is 116 Å². The summed E-state index contributed by atoms with van der Waals surface area (Å²) in [6.07, 6.45) is 3.01. The molecule has 0 fully saturated rings. The molecule has 104 valence electrons. The van der Waals surface area contributed by atoms with Gasteiger partial charge in [0, 0.05) is 17.8 Å². The third kappa shape index (κ3) is 2.77. The van der Waals surface area contributed by atoms with E-state index in [-0.39, 0.29) is 11.1 Å². The third-order valence-corrected chi connectivity index (χ3v) is 2.66. The van der Waals surface area contributed by atoms with Gasteiger partial charge in [0.2, 0.25) is 0 Å². The number of hydrogen-bond acceptors (Lipinski definition) is 4. The second kappa shape index (κ2) is 4.92. The molecule has 0 saturated carbocycles. The van der Waals surface area contributed by atoms with E-state index in [0.717, 1.165) is 0 Å². The number of carbonyl (C=O) groups is 2. The van der Waals surface area contributed by atoms with Crippen molar-refractivity contribution >= 4 is 22.7 Å². The van der Waals surface area contributed by atoms with Crippen LogP contribution in [0.1, 0.15) is 41.5 Å². The van der Waals surface area contributed by atoms with Crippen LogP contribution in [-0.2, 0) is 4.74 Å². The first kappa shape index (κ1) is 14.0. The van der Waals surface area contributed by atoms with Crippen LogP contribution in [0.2, 0.25) is 0 Å². The Bertz CT molecular complexity index is 686. The molecule has 1 aromatic carbocycles. The summed E-state index contributed by atoms with van der Waals surface area (Å²) in [6.45, 7) is 5.19. The molecule has 0 aliphatic heterocycles. The van der Waals surface area contributed by atoms with Crippen molar-refractivity contribution in [2.45, 2.75) is 26.4 Å². The largest absolute Gasteiger partial charge is 0.478 e. The van der Waals surface area contributed by atoms with E-state index in [1.807, 2.05) is 0 Å².